The Bertz CT molecular complexity index is 933. The molecule has 1 aromatic heterocycles. The highest BCUT2D eigenvalue weighted by atomic mass is 19.4. The van der Waals surface area contributed by atoms with Gasteiger partial charge in [-0.2, -0.15) is 23.3 Å². The van der Waals surface area contributed by atoms with Crippen LogP contribution in [0.5, 0.6) is 0 Å². The van der Waals surface area contributed by atoms with E-state index in [0.717, 1.165) is 12.1 Å². The summed E-state index contributed by atoms with van der Waals surface area (Å²) < 4.78 is 39.5. The van der Waals surface area contributed by atoms with Crippen LogP contribution in [0.1, 0.15) is 22.3 Å². The molecule has 1 aromatic carbocycles. The maximum atomic E-state index is 13.2. The van der Waals surface area contributed by atoms with E-state index in [1.54, 1.807) is 0 Å². The van der Waals surface area contributed by atoms with Crippen LogP contribution < -0.4 is 0 Å². The first kappa shape index (κ1) is 18.5. The van der Waals surface area contributed by atoms with E-state index in [1.165, 1.54) is 36.7 Å². The normalized spacial score (nSPS) is 19.7. The molecule has 1 aliphatic rings. The number of carbonyl (C=O) groups is 1. The number of amides is 1. The first-order valence-corrected chi connectivity index (χ1v) is 7.49. The monoisotopic (exact) mass is 380 g/mol. The van der Waals surface area contributed by atoms with Gasteiger partial charge < -0.3 is 5.11 Å². The lowest BCUT2D eigenvalue weighted by Crippen LogP contribution is -2.43. The van der Waals surface area contributed by atoms with Gasteiger partial charge in [-0.25, -0.2) is 0 Å². The number of carbonyl (C=O) groups excluding carboxylic acids is 1. The molecule has 0 aliphatic carbocycles. The second-order valence-corrected chi connectivity index (χ2v) is 5.70. The Morgan fingerprint density at radius 2 is 1.93 bits per heavy atom. The number of rotatable bonds is 3. The summed E-state index contributed by atoms with van der Waals surface area (Å²) in [7, 11) is 0. The number of benzene rings is 1. The summed E-state index contributed by atoms with van der Waals surface area (Å²) in [6.45, 7) is 0. The number of alkyl halides is 3. The third-order valence-corrected chi connectivity index (χ3v) is 3.95. The van der Waals surface area contributed by atoms with Crippen LogP contribution in [0.25, 0.3) is 0 Å². The molecule has 27 heavy (non-hydrogen) atoms. The van der Waals surface area contributed by atoms with Crippen molar-refractivity contribution in [2.24, 2.45) is 5.10 Å². The minimum atomic E-state index is -4.89. The van der Waals surface area contributed by atoms with Crippen molar-refractivity contribution in [3.05, 3.63) is 70.0 Å². The average molecular weight is 380 g/mol. The molecule has 11 heteroatoms. The first-order chi connectivity index (χ1) is 12.6. The van der Waals surface area contributed by atoms with Gasteiger partial charge in [0, 0.05) is 35.7 Å². The van der Waals surface area contributed by atoms with Crippen LogP contribution in [0.15, 0.2) is 53.9 Å². The maximum Gasteiger partial charge on any atom is 0.431 e. The fraction of sp³-hybridized carbons (Fsp3) is 0.188. The van der Waals surface area contributed by atoms with Gasteiger partial charge >= 0.3 is 6.18 Å². The lowest BCUT2D eigenvalue weighted by Gasteiger charge is -2.31. The van der Waals surface area contributed by atoms with Gasteiger partial charge in [-0.1, -0.05) is 12.1 Å². The van der Waals surface area contributed by atoms with Crippen molar-refractivity contribution in [2.75, 3.05) is 0 Å². The molecule has 0 saturated carbocycles. The van der Waals surface area contributed by atoms with Crippen molar-refractivity contribution in [2.45, 2.75) is 18.3 Å². The zero-order valence-electron chi connectivity index (χ0n) is 13.4. The predicted octanol–water partition coefficient (Wildman–Crippen LogP) is 2.60. The highest BCUT2D eigenvalue weighted by Gasteiger charge is 2.53. The van der Waals surface area contributed by atoms with Gasteiger partial charge in [0.25, 0.3) is 11.6 Å². The van der Waals surface area contributed by atoms with E-state index in [2.05, 4.69) is 10.1 Å². The summed E-state index contributed by atoms with van der Waals surface area (Å²) >= 11 is 0. The summed E-state index contributed by atoms with van der Waals surface area (Å²) in [5.41, 5.74) is -4.67. The topological polar surface area (TPSA) is 109 Å². The highest BCUT2D eigenvalue weighted by molar-refractivity contribution is 5.99. The van der Waals surface area contributed by atoms with E-state index >= 15 is 0 Å². The SMILES string of the molecule is O=C(c1ccncc1)N1N=C(C(F)(F)F)CC1(O)c1cccc([N+](=O)[O-])c1. The Balaban J connectivity index is 2.10. The van der Waals surface area contributed by atoms with Crippen LogP contribution >= 0.6 is 0 Å². The molecular weight excluding hydrogens is 369 g/mol. The fourth-order valence-corrected chi connectivity index (χ4v) is 2.63. The van der Waals surface area contributed by atoms with Gasteiger partial charge in [0.1, 0.15) is 5.71 Å². The average Bonchev–Trinajstić information content (AvgIpc) is 3.01. The van der Waals surface area contributed by atoms with E-state index < -0.39 is 40.6 Å². The number of non-ortho nitro benzene ring substituents is 1. The molecule has 1 N–H and O–H groups in total. The van der Waals surface area contributed by atoms with Crippen molar-refractivity contribution in [3.8, 4) is 0 Å². The Hall–Kier alpha value is -3.34. The summed E-state index contributed by atoms with van der Waals surface area (Å²) in [6, 6.07) is 6.90. The second kappa shape index (κ2) is 6.43. The summed E-state index contributed by atoms with van der Waals surface area (Å²) in [6.07, 6.45) is -3.44. The number of aromatic nitrogens is 1. The van der Waals surface area contributed by atoms with Gasteiger partial charge in [-0.3, -0.25) is 19.9 Å². The van der Waals surface area contributed by atoms with E-state index in [-0.39, 0.29) is 11.1 Å². The number of pyridine rings is 1. The Morgan fingerprint density at radius 3 is 2.52 bits per heavy atom. The molecule has 2 heterocycles. The molecule has 1 atom stereocenters. The van der Waals surface area contributed by atoms with Crippen LogP contribution in [-0.2, 0) is 5.72 Å². The first-order valence-electron chi connectivity index (χ1n) is 7.49. The lowest BCUT2D eigenvalue weighted by atomic mass is 9.96. The molecule has 0 radical (unpaired) electrons. The Morgan fingerprint density at radius 1 is 1.26 bits per heavy atom. The van der Waals surface area contributed by atoms with Crippen molar-refractivity contribution in [1.82, 2.24) is 9.99 Å². The van der Waals surface area contributed by atoms with Crippen molar-refractivity contribution >= 4 is 17.3 Å². The van der Waals surface area contributed by atoms with Gasteiger partial charge in [0.2, 0.25) is 0 Å². The molecule has 8 nitrogen and oxygen atoms in total. The third kappa shape index (κ3) is 3.36. The van der Waals surface area contributed by atoms with E-state index in [9.17, 15) is 33.2 Å². The largest absolute Gasteiger partial charge is 0.431 e. The molecule has 0 fully saturated rings. The maximum absolute atomic E-state index is 13.2. The van der Waals surface area contributed by atoms with E-state index in [4.69, 9.17) is 0 Å². The lowest BCUT2D eigenvalue weighted by molar-refractivity contribution is -0.385. The second-order valence-electron chi connectivity index (χ2n) is 5.70. The summed E-state index contributed by atoms with van der Waals surface area (Å²) in [5, 5.41) is 25.5. The predicted molar refractivity (Wildman–Crippen MR) is 85.5 cm³/mol. The smallest absolute Gasteiger partial charge is 0.365 e. The van der Waals surface area contributed by atoms with Gasteiger partial charge in [0.15, 0.2) is 5.72 Å². The number of nitro groups is 1. The van der Waals surface area contributed by atoms with Crippen molar-refractivity contribution in [1.29, 1.82) is 0 Å². The summed E-state index contributed by atoms with van der Waals surface area (Å²) in [4.78, 5) is 26.6. The molecule has 1 amide bonds. The van der Waals surface area contributed by atoms with Crippen LogP contribution in [0.3, 0.4) is 0 Å². The number of nitro benzene ring substituents is 1. The molecule has 0 spiro atoms. The number of nitrogens with zero attached hydrogens (tertiary/aromatic N) is 4. The van der Waals surface area contributed by atoms with Crippen LogP contribution in [-0.4, -0.2) is 37.8 Å². The van der Waals surface area contributed by atoms with E-state index in [1.807, 2.05) is 0 Å². The van der Waals surface area contributed by atoms with Gasteiger partial charge in [-0.15, -0.1) is 0 Å². The molecule has 3 rings (SSSR count). The zero-order valence-corrected chi connectivity index (χ0v) is 13.4. The highest BCUT2D eigenvalue weighted by Crippen LogP contribution is 2.41. The van der Waals surface area contributed by atoms with Crippen molar-refractivity contribution < 1.29 is 28.0 Å². The number of aliphatic hydroxyl groups is 1. The zero-order chi connectivity index (χ0) is 19.8. The standard InChI is InChI=1S/C16H11F3N4O4/c17-16(18,19)13-9-15(25,11-2-1-3-12(8-11)23(26)27)22(21-13)14(24)10-4-6-20-7-5-10/h1-8,25H,9H2. The number of hydrogen-bond acceptors (Lipinski definition) is 6. The molecule has 0 saturated heterocycles. The quantitative estimate of drug-likeness (QED) is 0.650. The van der Waals surface area contributed by atoms with Gasteiger partial charge in [-0.05, 0) is 12.1 Å². The fourth-order valence-electron chi connectivity index (χ4n) is 2.63. The minimum absolute atomic E-state index is 0.0546. The summed E-state index contributed by atoms with van der Waals surface area (Å²) in [5.74, 6) is -1.01. The number of hydrazone groups is 1. The molecule has 140 valence electrons. The molecular formula is C16H11F3N4O4. The molecule has 1 aliphatic heterocycles. The Kier molecular flexibility index (Phi) is 4.39. The third-order valence-electron chi connectivity index (χ3n) is 3.95. The Labute approximate surface area is 149 Å². The minimum Gasteiger partial charge on any atom is -0.365 e. The van der Waals surface area contributed by atoms with Crippen LogP contribution in [0.2, 0.25) is 0 Å². The van der Waals surface area contributed by atoms with E-state index in [0.29, 0.717) is 5.01 Å². The van der Waals surface area contributed by atoms with Gasteiger partial charge in [0.05, 0.1) is 11.3 Å². The van der Waals surface area contributed by atoms with Crippen molar-refractivity contribution in [3.63, 3.8) is 0 Å². The number of halogens is 3. The van der Waals surface area contributed by atoms with Crippen LogP contribution in [0, 0.1) is 10.1 Å². The van der Waals surface area contributed by atoms with Crippen LogP contribution in [0.4, 0.5) is 18.9 Å². The number of hydrogen-bond donors (Lipinski definition) is 1. The molecule has 2 aromatic rings. The molecule has 0 bridgehead atoms. The molecule has 1 unspecified atom stereocenters.